The number of aromatic amines is 2. The zero-order valence-electron chi connectivity index (χ0n) is 32.5. The topological polar surface area (TPSA) is 107 Å². The fourth-order valence-electron chi connectivity index (χ4n) is 8.31. The predicted molar refractivity (Wildman–Crippen MR) is 220 cm³/mol. The van der Waals surface area contributed by atoms with E-state index < -0.39 is 0 Å². The van der Waals surface area contributed by atoms with Crippen molar-refractivity contribution in [2.24, 2.45) is 5.92 Å². The van der Waals surface area contributed by atoms with E-state index in [2.05, 4.69) is 96.6 Å². The smallest absolute Gasteiger partial charge is 0.223 e. The minimum atomic E-state index is -0.0253. The van der Waals surface area contributed by atoms with Crippen LogP contribution in [0.5, 0.6) is 0 Å². The highest BCUT2D eigenvalue weighted by atomic mass is 16.5. The first-order valence-corrected chi connectivity index (χ1v) is 20.3. The molecular formula is C47H52N6O3. The highest BCUT2D eigenvalue weighted by Gasteiger charge is 2.33. The average molecular weight is 749 g/mol. The molecule has 9 nitrogen and oxygen atoms in total. The van der Waals surface area contributed by atoms with Crippen LogP contribution in [-0.4, -0.2) is 54.6 Å². The van der Waals surface area contributed by atoms with Crippen molar-refractivity contribution in [1.82, 2.24) is 29.7 Å². The summed E-state index contributed by atoms with van der Waals surface area (Å²) < 4.78 is 6.01. The summed E-state index contributed by atoms with van der Waals surface area (Å²) in [5.74, 6) is 3.48. The fraction of sp³-hybridized carbons (Fsp3) is 0.362. The van der Waals surface area contributed by atoms with Gasteiger partial charge in [0.05, 0.1) is 41.6 Å². The van der Waals surface area contributed by atoms with Crippen molar-refractivity contribution in [2.45, 2.75) is 90.3 Å². The lowest BCUT2D eigenvalue weighted by atomic mass is 9.99. The Bertz CT molecular complexity index is 2180. The van der Waals surface area contributed by atoms with Crippen molar-refractivity contribution in [1.29, 1.82) is 0 Å². The molecule has 2 N–H and O–H groups in total. The number of nitrogens with one attached hydrogen (secondary N) is 2. The third-order valence-corrected chi connectivity index (χ3v) is 11.4. The number of H-pyrrole nitrogens is 2. The Hall–Kier alpha value is -5.70. The summed E-state index contributed by atoms with van der Waals surface area (Å²) in [5.41, 5.74) is 8.75. The Balaban J connectivity index is 0.849. The normalized spacial score (nSPS) is 18.3. The van der Waals surface area contributed by atoms with Crippen molar-refractivity contribution in [2.75, 3.05) is 13.1 Å². The van der Waals surface area contributed by atoms with Crippen LogP contribution in [0.1, 0.15) is 101 Å². The SMILES string of the molecule is CC(C)CC(=O)N1CCC[C@H]1c1ncc(-c2ccc(-c3ccc(-c4cnc([C@@H]5CCCN5C(=O)CCC5=CC=C(OCc6ccccc6)CC5)[nH]4)cc3)cc2)[nH]1. The van der Waals surface area contributed by atoms with Gasteiger partial charge in [-0.3, -0.25) is 9.59 Å². The first-order valence-electron chi connectivity index (χ1n) is 20.3. The van der Waals surface area contributed by atoms with Crippen molar-refractivity contribution in [3.8, 4) is 33.6 Å². The number of hydrogen-bond acceptors (Lipinski definition) is 5. The Morgan fingerprint density at radius 1 is 0.714 bits per heavy atom. The van der Waals surface area contributed by atoms with E-state index in [4.69, 9.17) is 14.7 Å². The fourth-order valence-corrected chi connectivity index (χ4v) is 8.31. The maximum absolute atomic E-state index is 13.5. The Kier molecular flexibility index (Phi) is 11.3. The predicted octanol–water partition coefficient (Wildman–Crippen LogP) is 10.1. The number of carbonyl (C=O) groups excluding carboxylic acids is 2. The van der Waals surface area contributed by atoms with Crippen molar-refractivity contribution in [3.05, 3.63) is 132 Å². The van der Waals surface area contributed by atoms with E-state index in [9.17, 15) is 9.59 Å². The van der Waals surface area contributed by atoms with Crippen LogP contribution in [0.25, 0.3) is 33.6 Å². The van der Waals surface area contributed by atoms with Crippen molar-refractivity contribution < 1.29 is 14.3 Å². The van der Waals surface area contributed by atoms with Gasteiger partial charge in [-0.25, -0.2) is 9.97 Å². The first kappa shape index (κ1) is 37.2. The van der Waals surface area contributed by atoms with Gasteiger partial charge in [-0.2, -0.15) is 0 Å². The van der Waals surface area contributed by atoms with Crippen molar-refractivity contribution in [3.63, 3.8) is 0 Å². The molecule has 0 bridgehead atoms. The minimum absolute atomic E-state index is 0.0205. The number of carbonyl (C=O) groups is 2. The van der Waals surface area contributed by atoms with Gasteiger partial charge < -0.3 is 24.5 Å². The largest absolute Gasteiger partial charge is 0.493 e. The summed E-state index contributed by atoms with van der Waals surface area (Å²) in [6, 6.07) is 27.3. The molecule has 9 heteroatoms. The lowest BCUT2D eigenvalue weighted by Crippen LogP contribution is -2.31. The molecule has 3 aromatic carbocycles. The third kappa shape index (κ3) is 8.57. The van der Waals surface area contributed by atoms with E-state index in [1.165, 1.54) is 11.1 Å². The van der Waals surface area contributed by atoms with Crippen LogP contribution in [0.3, 0.4) is 0 Å². The number of aromatic nitrogens is 4. The Morgan fingerprint density at radius 3 is 1.80 bits per heavy atom. The van der Waals surface area contributed by atoms with Crippen LogP contribution in [0.2, 0.25) is 0 Å². The molecule has 1 aliphatic carbocycles. The number of nitrogens with zero attached hydrogens (tertiary/aromatic N) is 4. The van der Waals surface area contributed by atoms with Gasteiger partial charge in [-0.15, -0.1) is 0 Å². The first-order chi connectivity index (χ1) is 27.4. The highest BCUT2D eigenvalue weighted by molar-refractivity contribution is 5.78. The number of ether oxygens (including phenoxy) is 1. The second kappa shape index (κ2) is 17.0. The van der Waals surface area contributed by atoms with Crippen LogP contribution in [0, 0.1) is 5.92 Å². The van der Waals surface area contributed by atoms with Gasteiger partial charge in [0, 0.05) is 32.4 Å². The van der Waals surface area contributed by atoms with Gasteiger partial charge in [0.1, 0.15) is 18.3 Å². The number of hydrogen-bond donors (Lipinski definition) is 2. The summed E-state index contributed by atoms with van der Waals surface area (Å²) in [5, 5.41) is 0. The quantitative estimate of drug-likeness (QED) is 0.125. The molecule has 2 saturated heterocycles. The number of imidazole rings is 2. The molecule has 2 amide bonds. The van der Waals surface area contributed by atoms with Crippen LogP contribution in [0.4, 0.5) is 0 Å². The summed E-state index contributed by atoms with van der Waals surface area (Å²) in [6.45, 7) is 6.33. The number of benzene rings is 3. The Morgan fingerprint density at radius 2 is 1.27 bits per heavy atom. The van der Waals surface area contributed by atoms with E-state index in [1.54, 1.807) is 0 Å². The molecule has 4 heterocycles. The highest BCUT2D eigenvalue weighted by Crippen LogP contribution is 2.35. The standard InChI is InChI=1S/C47H52N6O3/c1-32(2)28-45(55)53-27-7-11-43(53)47-49-30-41(51-47)38-21-17-36(18-22-38)35-15-19-37(20-16-35)40-29-48-46(50-40)42-10-6-26-52(42)44(54)25-14-33-12-23-39(24-13-33)56-31-34-8-4-3-5-9-34/h3-5,8-9,12,15-23,29-30,32,42-43H,6-7,10-11,13-14,24-28,31H2,1-2H3,(H,48,50)(H,49,51)/t42-,43-/m0/s1. The van der Waals surface area contributed by atoms with E-state index in [-0.39, 0.29) is 23.9 Å². The zero-order chi connectivity index (χ0) is 38.4. The van der Waals surface area contributed by atoms with E-state index in [0.717, 1.165) is 109 Å². The molecule has 0 saturated carbocycles. The van der Waals surface area contributed by atoms with Crippen LogP contribution in [0.15, 0.2) is 115 Å². The molecule has 3 aliphatic rings. The van der Waals surface area contributed by atoms with Gasteiger partial charge in [0.25, 0.3) is 0 Å². The second-order valence-corrected chi connectivity index (χ2v) is 15.8. The van der Waals surface area contributed by atoms with Gasteiger partial charge in [-0.1, -0.05) is 104 Å². The van der Waals surface area contributed by atoms with Gasteiger partial charge >= 0.3 is 0 Å². The van der Waals surface area contributed by atoms with Gasteiger partial charge in [0.2, 0.25) is 11.8 Å². The molecule has 8 rings (SSSR count). The molecule has 2 aliphatic heterocycles. The minimum Gasteiger partial charge on any atom is -0.493 e. The molecule has 0 radical (unpaired) electrons. The lowest BCUT2D eigenvalue weighted by Gasteiger charge is -2.24. The maximum Gasteiger partial charge on any atom is 0.223 e. The van der Waals surface area contributed by atoms with Crippen LogP contribution >= 0.6 is 0 Å². The van der Waals surface area contributed by atoms with Gasteiger partial charge in [0.15, 0.2) is 0 Å². The number of amides is 2. The number of allylic oxidation sites excluding steroid dienone is 4. The molecule has 2 aromatic heterocycles. The molecule has 2 atom stereocenters. The summed E-state index contributed by atoms with van der Waals surface area (Å²) in [7, 11) is 0. The molecule has 0 spiro atoms. The zero-order valence-corrected chi connectivity index (χ0v) is 32.5. The van der Waals surface area contributed by atoms with Gasteiger partial charge in [-0.05, 0) is 78.3 Å². The van der Waals surface area contributed by atoms with Crippen LogP contribution in [-0.2, 0) is 20.9 Å². The molecule has 56 heavy (non-hydrogen) atoms. The van der Waals surface area contributed by atoms with E-state index in [0.29, 0.717) is 25.4 Å². The van der Waals surface area contributed by atoms with Crippen LogP contribution < -0.4 is 0 Å². The summed E-state index contributed by atoms with van der Waals surface area (Å²) in [4.78, 5) is 46.9. The summed E-state index contributed by atoms with van der Waals surface area (Å²) >= 11 is 0. The molecule has 0 unspecified atom stereocenters. The molecule has 288 valence electrons. The number of rotatable bonds is 13. The van der Waals surface area contributed by atoms with E-state index in [1.807, 2.05) is 40.4 Å². The average Bonchev–Trinajstić information content (AvgIpc) is 4.07. The van der Waals surface area contributed by atoms with E-state index >= 15 is 0 Å². The lowest BCUT2D eigenvalue weighted by molar-refractivity contribution is -0.133. The maximum atomic E-state index is 13.5. The Labute approximate surface area is 329 Å². The molecule has 5 aromatic rings. The monoisotopic (exact) mass is 748 g/mol. The summed E-state index contributed by atoms with van der Waals surface area (Å²) in [6.07, 6.45) is 15.5. The van der Waals surface area contributed by atoms with Crippen molar-refractivity contribution >= 4 is 11.8 Å². The molecular weight excluding hydrogens is 697 g/mol. The third-order valence-electron chi connectivity index (χ3n) is 11.4. The second-order valence-electron chi connectivity index (χ2n) is 15.8. The number of likely N-dealkylation sites (tertiary alicyclic amines) is 2. The molecule has 2 fully saturated rings.